The Kier molecular flexibility index (Phi) is 4.42. The number of thiazole rings is 1. The van der Waals surface area contributed by atoms with Crippen molar-refractivity contribution in [3.63, 3.8) is 0 Å². The van der Waals surface area contributed by atoms with Crippen molar-refractivity contribution in [2.75, 3.05) is 5.32 Å². The average Bonchev–Trinajstić information content (AvgIpc) is 3.48. The highest BCUT2D eigenvalue weighted by Gasteiger charge is 2.17. The lowest BCUT2D eigenvalue weighted by molar-refractivity contribution is 0.103. The van der Waals surface area contributed by atoms with Crippen molar-refractivity contribution < 1.29 is 4.79 Å². The molecular weight excluding hydrogens is 402 g/mol. The third kappa shape index (κ3) is 3.32. The number of hydrogen-bond donors (Lipinski definition) is 1. The molecule has 29 heavy (non-hydrogen) atoms. The van der Waals surface area contributed by atoms with Crippen LogP contribution in [0, 0.1) is 6.92 Å². The van der Waals surface area contributed by atoms with Gasteiger partial charge in [0.1, 0.15) is 22.0 Å². The number of nitrogens with zero attached hydrogens (tertiary/aromatic N) is 4. The number of pyridine rings is 1. The zero-order valence-electron chi connectivity index (χ0n) is 15.4. The highest BCUT2D eigenvalue weighted by Crippen LogP contribution is 2.31. The van der Waals surface area contributed by atoms with Gasteiger partial charge < -0.3 is 5.32 Å². The van der Waals surface area contributed by atoms with Crippen LogP contribution in [0.3, 0.4) is 0 Å². The number of amides is 1. The number of nitrogens with one attached hydrogen (secondary N) is 1. The number of carbonyl (C=O) groups excluding carboxylic acids is 1. The second-order valence-corrected chi connectivity index (χ2v) is 8.32. The maximum Gasteiger partial charge on any atom is 0.267 e. The zero-order valence-corrected chi connectivity index (χ0v) is 17.0. The Labute approximate surface area is 174 Å². The number of benzene rings is 1. The first-order chi connectivity index (χ1) is 14.2. The first kappa shape index (κ1) is 17.7. The summed E-state index contributed by atoms with van der Waals surface area (Å²) >= 11 is 3.02. The van der Waals surface area contributed by atoms with Gasteiger partial charge in [0.2, 0.25) is 0 Å². The molecule has 0 spiro atoms. The number of anilines is 1. The van der Waals surface area contributed by atoms with Crippen molar-refractivity contribution in [1.29, 1.82) is 0 Å². The van der Waals surface area contributed by atoms with Crippen LogP contribution < -0.4 is 5.32 Å². The predicted octanol–water partition coefficient (Wildman–Crippen LogP) is 5.17. The summed E-state index contributed by atoms with van der Waals surface area (Å²) in [7, 11) is 0. The summed E-state index contributed by atoms with van der Waals surface area (Å²) in [6.45, 7) is 1.86. The highest BCUT2D eigenvalue weighted by molar-refractivity contribution is 7.22. The van der Waals surface area contributed by atoms with Gasteiger partial charge in [-0.1, -0.05) is 18.2 Å². The molecule has 142 valence electrons. The molecule has 0 aliphatic heterocycles. The summed E-state index contributed by atoms with van der Waals surface area (Å²) in [4.78, 5) is 27.8. The van der Waals surface area contributed by atoms with E-state index in [-0.39, 0.29) is 5.91 Å². The van der Waals surface area contributed by atoms with Gasteiger partial charge in [0.15, 0.2) is 0 Å². The second-order valence-electron chi connectivity index (χ2n) is 6.37. The lowest BCUT2D eigenvalue weighted by atomic mass is 10.3. The fourth-order valence-corrected chi connectivity index (χ4v) is 4.80. The molecule has 1 amide bonds. The standard InChI is InChI=1S/C21H15N5OS2/c1-13-19(29-21(24-13)17-7-4-10-28-17)20(27)25-14-8-9-18(22-11-14)26-12-23-15-5-2-3-6-16(15)26/h2-12H,1H3,(H,25,27). The summed E-state index contributed by atoms with van der Waals surface area (Å²) in [5.74, 6) is 0.566. The minimum atomic E-state index is -0.176. The maximum absolute atomic E-state index is 12.7. The summed E-state index contributed by atoms with van der Waals surface area (Å²) in [6.07, 6.45) is 3.40. The molecule has 0 atom stereocenters. The molecule has 6 nitrogen and oxygen atoms in total. The minimum Gasteiger partial charge on any atom is -0.320 e. The average molecular weight is 418 g/mol. The van der Waals surface area contributed by atoms with Gasteiger partial charge in [-0.3, -0.25) is 9.36 Å². The fourth-order valence-electron chi connectivity index (χ4n) is 3.04. The molecule has 5 rings (SSSR count). The molecule has 4 heterocycles. The molecule has 0 aliphatic rings. The molecule has 0 saturated heterocycles. The number of thiophene rings is 1. The van der Waals surface area contributed by atoms with E-state index >= 15 is 0 Å². The Balaban J connectivity index is 1.37. The van der Waals surface area contributed by atoms with Crippen LogP contribution in [0.4, 0.5) is 5.69 Å². The van der Waals surface area contributed by atoms with Gasteiger partial charge >= 0.3 is 0 Å². The largest absolute Gasteiger partial charge is 0.320 e. The lowest BCUT2D eigenvalue weighted by Crippen LogP contribution is -2.12. The maximum atomic E-state index is 12.7. The van der Waals surface area contributed by atoms with Crippen LogP contribution in [0.15, 0.2) is 66.4 Å². The van der Waals surface area contributed by atoms with Crippen LogP contribution in [-0.2, 0) is 0 Å². The SMILES string of the molecule is Cc1nc(-c2cccs2)sc1C(=O)Nc1ccc(-n2cnc3ccccc32)nc1. The topological polar surface area (TPSA) is 72.7 Å². The van der Waals surface area contributed by atoms with Crippen molar-refractivity contribution in [2.24, 2.45) is 0 Å². The van der Waals surface area contributed by atoms with Crippen molar-refractivity contribution in [1.82, 2.24) is 19.5 Å². The molecule has 4 aromatic heterocycles. The third-order valence-electron chi connectivity index (χ3n) is 4.44. The number of rotatable bonds is 4. The molecule has 1 aromatic carbocycles. The molecule has 0 fully saturated rings. The van der Waals surface area contributed by atoms with Gasteiger partial charge in [0.25, 0.3) is 5.91 Å². The van der Waals surface area contributed by atoms with E-state index in [9.17, 15) is 4.79 Å². The smallest absolute Gasteiger partial charge is 0.267 e. The second kappa shape index (κ2) is 7.23. The number of imidazole rings is 1. The predicted molar refractivity (Wildman–Crippen MR) is 117 cm³/mol. The van der Waals surface area contributed by atoms with Crippen molar-refractivity contribution in [3.8, 4) is 15.7 Å². The van der Waals surface area contributed by atoms with Gasteiger partial charge in [0, 0.05) is 0 Å². The van der Waals surface area contributed by atoms with Crippen LogP contribution in [-0.4, -0.2) is 25.4 Å². The van der Waals surface area contributed by atoms with Crippen LogP contribution in [0.25, 0.3) is 26.7 Å². The summed E-state index contributed by atoms with van der Waals surface area (Å²) in [5.41, 5.74) is 3.26. The number of aryl methyl sites for hydroxylation is 1. The molecule has 0 radical (unpaired) electrons. The van der Waals surface area contributed by atoms with Crippen LogP contribution >= 0.6 is 22.7 Å². The summed E-state index contributed by atoms with van der Waals surface area (Å²) < 4.78 is 1.92. The van der Waals surface area contributed by atoms with E-state index < -0.39 is 0 Å². The normalized spacial score (nSPS) is 11.1. The van der Waals surface area contributed by atoms with Crippen LogP contribution in [0.1, 0.15) is 15.4 Å². The van der Waals surface area contributed by atoms with Crippen molar-refractivity contribution in [3.05, 3.63) is 77.0 Å². The molecule has 0 unspecified atom stereocenters. The van der Waals surface area contributed by atoms with Gasteiger partial charge in [-0.15, -0.1) is 22.7 Å². The Morgan fingerprint density at radius 3 is 2.76 bits per heavy atom. The van der Waals surface area contributed by atoms with Gasteiger partial charge in [-0.25, -0.2) is 15.0 Å². The molecule has 0 saturated carbocycles. The van der Waals surface area contributed by atoms with E-state index in [0.717, 1.165) is 32.4 Å². The first-order valence-electron chi connectivity index (χ1n) is 8.90. The fraction of sp³-hybridized carbons (Fsp3) is 0.0476. The Bertz CT molecular complexity index is 1300. The Morgan fingerprint density at radius 1 is 1.07 bits per heavy atom. The number of aromatic nitrogens is 4. The minimum absolute atomic E-state index is 0.176. The monoisotopic (exact) mass is 417 g/mol. The zero-order chi connectivity index (χ0) is 19.8. The van der Waals surface area contributed by atoms with Crippen LogP contribution in [0.2, 0.25) is 0 Å². The molecular formula is C21H15N5OS2. The third-order valence-corrected chi connectivity index (χ3v) is 6.64. The van der Waals surface area contributed by atoms with E-state index in [0.29, 0.717) is 10.6 Å². The number of carbonyl (C=O) groups is 1. The van der Waals surface area contributed by atoms with Crippen molar-refractivity contribution in [2.45, 2.75) is 6.92 Å². The van der Waals surface area contributed by atoms with Gasteiger partial charge in [-0.05, 0) is 42.6 Å². The van der Waals surface area contributed by atoms with E-state index in [1.165, 1.54) is 11.3 Å². The van der Waals surface area contributed by atoms with E-state index in [4.69, 9.17) is 0 Å². The number of fused-ring (bicyclic) bond motifs is 1. The summed E-state index contributed by atoms with van der Waals surface area (Å²) in [5, 5.41) is 5.78. The van der Waals surface area contributed by atoms with E-state index in [2.05, 4.69) is 20.3 Å². The van der Waals surface area contributed by atoms with Gasteiger partial charge in [-0.2, -0.15) is 0 Å². The summed E-state index contributed by atoms with van der Waals surface area (Å²) in [6, 6.07) is 15.6. The van der Waals surface area contributed by atoms with Crippen LogP contribution in [0.5, 0.6) is 0 Å². The van der Waals surface area contributed by atoms with E-state index in [1.807, 2.05) is 65.4 Å². The molecule has 0 bridgehead atoms. The van der Waals surface area contributed by atoms with Crippen molar-refractivity contribution >= 4 is 45.3 Å². The quantitative estimate of drug-likeness (QED) is 0.438. The Hall–Kier alpha value is -3.36. The Morgan fingerprint density at radius 2 is 1.97 bits per heavy atom. The molecule has 5 aromatic rings. The lowest BCUT2D eigenvalue weighted by Gasteiger charge is -2.06. The number of hydrogen-bond acceptors (Lipinski definition) is 6. The highest BCUT2D eigenvalue weighted by atomic mass is 32.1. The van der Waals surface area contributed by atoms with E-state index in [1.54, 1.807) is 23.9 Å². The number of para-hydroxylation sites is 2. The molecule has 1 N–H and O–H groups in total. The molecule has 8 heteroatoms. The van der Waals surface area contributed by atoms with Gasteiger partial charge in [0.05, 0.1) is 33.5 Å². The molecule has 0 aliphatic carbocycles. The first-order valence-corrected chi connectivity index (χ1v) is 10.6.